The maximum atomic E-state index is 11.3. The maximum absolute atomic E-state index is 11.3. The van der Waals surface area contributed by atoms with E-state index < -0.39 is 12.1 Å². The van der Waals surface area contributed by atoms with Crippen LogP contribution in [0.4, 0.5) is 4.79 Å². The van der Waals surface area contributed by atoms with Crippen LogP contribution in [0.2, 0.25) is 0 Å². The quantitative estimate of drug-likeness (QED) is 0.530. The van der Waals surface area contributed by atoms with E-state index in [0.717, 1.165) is 0 Å². The van der Waals surface area contributed by atoms with Gasteiger partial charge in [-0.1, -0.05) is 18.6 Å². The van der Waals surface area contributed by atoms with Crippen molar-refractivity contribution in [2.24, 2.45) is 0 Å². The fourth-order valence-corrected chi connectivity index (χ4v) is 1.11. The van der Waals surface area contributed by atoms with E-state index >= 15 is 0 Å². The van der Waals surface area contributed by atoms with Crippen molar-refractivity contribution >= 4 is 12.1 Å². The molecule has 15 heavy (non-hydrogen) atoms. The number of rotatable bonds is 2. The summed E-state index contributed by atoms with van der Waals surface area (Å²) in [6.07, 6.45) is 1.67. The van der Waals surface area contributed by atoms with E-state index in [2.05, 4.69) is 12.5 Å². The van der Waals surface area contributed by atoms with E-state index in [-0.39, 0.29) is 12.6 Å². The normalized spacial score (nSPS) is 18.1. The molecule has 0 aromatic rings. The van der Waals surface area contributed by atoms with Crippen LogP contribution in [-0.2, 0) is 9.53 Å². The van der Waals surface area contributed by atoms with Gasteiger partial charge in [-0.05, 0) is 6.42 Å². The molecule has 0 bridgehead atoms. The van der Waals surface area contributed by atoms with Crippen molar-refractivity contribution in [3.63, 3.8) is 0 Å². The van der Waals surface area contributed by atoms with Crippen LogP contribution < -0.4 is 0 Å². The topological polar surface area (TPSA) is 66.8 Å². The van der Waals surface area contributed by atoms with E-state index in [1.165, 1.54) is 11.0 Å². The van der Waals surface area contributed by atoms with Crippen molar-refractivity contribution in [2.75, 3.05) is 13.2 Å². The molecule has 1 rings (SSSR count). The van der Waals surface area contributed by atoms with Crippen molar-refractivity contribution in [1.29, 1.82) is 0 Å². The second-order valence-corrected chi connectivity index (χ2v) is 2.94. The van der Waals surface area contributed by atoms with Crippen LogP contribution in [0, 0.1) is 11.8 Å². The van der Waals surface area contributed by atoms with Gasteiger partial charge in [0.15, 0.2) is 0 Å². The van der Waals surface area contributed by atoms with Gasteiger partial charge in [-0.25, -0.2) is 9.59 Å². The fourth-order valence-electron chi connectivity index (χ4n) is 1.11. The van der Waals surface area contributed by atoms with Crippen molar-refractivity contribution < 1.29 is 19.4 Å². The summed E-state index contributed by atoms with van der Waals surface area (Å²) in [5.41, 5.74) is 0. The summed E-state index contributed by atoms with van der Waals surface area (Å²) in [6.45, 7) is 4.11. The Labute approximate surface area is 87.3 Å². The standard InChI is InChI=1S/C10H11NO4/c1-2-7-15-10(14)11-6-5-8(11)3-4-9(12)13/h2,8H,1,5-7H2,(H,12,13). The Morgan fingerprint density at radius 2 is 2.40 bits per heavy atom. The van der Waals surface area contributed by atoms with Crippen LogP contribution in [0.25, 0.3) is 0 Å². The lowest BCUT2D eigenvalue weighted by Crippen LogP contribution is -2.50. The zero-order chi connectivity index (χ0) is 11.3. The van der Waals surface area contributed by atoms with Gasteiger partial charge in [0, 0.05) is 12.5 Å². The Hall–Kier alpha value is -1.96. The first-order valence-corrected chi connectivity index (χ1v) is 4.44. The van der Waals surface area contributed by atoms with E-state index in [9.17, 15) is 9.59 Å². The van der Waals surface area contributed by atoms with Gasteiger partial charge in [-0.3, -0.25) is 4.90 Å². The predicted molar refractivity (Wildman–Crippen MR) is 52.1 cm³/mol. The van der Waals surface area contributed by atoms with Gasteiger partial charge >= 0.3 is 12.1 Å². The van der Waals surface area contributed by atoms with E-state index in [4.69, 9.17) is 9.84 Å². The van der Waals surface area contributed by atoms with Crippen LogP contribution in [0.15, 0.2) is 12.7 Å². The summed E-state index contributed by atoms with van der Waals surface area (Å²) in [6, 6.07) is -0.335. The number of amides is 1. The highest BCUT2D eigenvalue weighted by Gasteiger charge is 2.31. The number of carbonyl (C=O) groups is 2. The van der Waals surface area contributed by atoms with E-state index in [1.807, 2.05) is 5.92 Å². The molecule has 0 aromatic carbocycles. The zero-order valence-electron chi connectivity index (χ0n) is 8.10. The number of aliphatic carboxylic acids is 1. The van der Waals surface area contributed by atoms with Crippen molar-refractivity contribution in [2.45, 2.75) is 12.5 Å². The second-order valence-electron chi connectivity index (χ2n) is 2.94. The average molecular weight is 209 g/mol. The molecule has 1 aliphatic heterocycles. The molecule has 1 saturated heterocycles. The summed E-state index contributed by atoms with van der Waals surface area (Å²) < 4.78 is 4.79. The number of hydrogen-bond acceptors (Lipinski definition) is 3. The van der Waals surface area contributed by atoms with Crippen LogP contribution in [-0.4, -0.2) is 41.3 Å². The molecule has 1 fully saturated rings. The second kappa shape index (κ2) is 5.05. The Kier molecular flexibility index (Phi) is 3.75. The minimum absolute atomic E-state index is 0.147. The predicted octanol–water partition coefficient (Wildman–Crippen LogP) is 0.471. The Morgan fingerprint density at radius 3 is 2.87 bits per heavy atom. The molecule has 0 saturated carbocycles. The van der Waals surface area contributed by atoms with Gasteiger partial charge in [0.1, 0.15) is 6.61 Å². The zero-order valence-corrected chi connectivity index (χ0v) is 8.10. The average Bonchev–Trinajstić information content (AvgIpc) is 2.12. The van der Waals surface area contributed by atoms with Gasteiger partial charge in [0.2, 0.25) is 0 Å². The van der Waals surface area contributed by atoms with Crippen LogP contribution in [0.5, 0.6) is 0 Å². The molecule has 5 heteroatoms. The smallest absolute Gasteiger partial charge is 0.411 e. The minimum atomic E-state index is -1.19. The minimum Gasteiger partial charge on any atom is -0.472 e. The number of carboxylic acid groups (broad SMARTS) is 1. The first kappa shape index (κ1) is 11.1. The molecule has 1 aliphatic rings. The first-order valence-electron chi connectivity index (χ1n) is 4.44. The van der Waals surface area contributed by atoms with Crippen molar-refractivity contribution in [3.8, 4) is 11.8 Å². The van der Waals surface area contributed by atoms with E-state index in [1.54, 1.807) is 0 Å². The molecular weight excluding hydrogens is 198 g/mol. The van der Waals surface area contributed by atoms with Crippen molar-refractivity contribution in [3.05, 3.63) is 12.7 Å². The van der Waals surface area contributed by atoms with Crippen molar-refractivity contribution in [1.82, 2.24) is 4.90 Å². The summed E-state index contributed by atoms with van der Waals surface area (Å²) in [7, 11) is 0. The largest absolute Gasteiger partial charge is 0.472 e. The lowest BCUT2D eigenvalue weighted by Gasteiger charge is -2.36. The molecule has 0 spiro atoms. The monoisotopic (exact) mass is 209 g/mol. The van der Waals surface area contributed by atoms with Gasteiger partial charge in [-0.2, -0.15) is 0 Å². The van der Waals surface area contributed by atoms with Crippen LogP contribution in [0.1, 0.15) is 6.42 Å². The molecule has 1 amide bonds. The number of likely N-dealkylation sites (tertiary alicyclic amines) is 1. The van der Waals surface area contributed by atoms with Gasteiger partial charge in [0.05, 0.1) is 6.04 Å². The Balaban J connectivity index is 2.45. The SMILES string of the molecule is C=CCOC(=O)N1CCC1C#CC(=O)O. The molecule has 80 valence electrons. The Morgan fingerprint density at radius 1 is 1.67 bits per heavy atom. The van der Waals surface area contributed by atoms with Crippen LogP contribution >= 0.6 is 0 Å². The fraction of sp³-hybridized carbons (Fsp3) is 0.400. The highest BCUT2D eigenvalue weighted by atomic mass is 16.6. The van der Waals surface area contributed by atoms with Gasteiger partial charge in [-0.15, -0.1) is 0 Å². The molecule has 1 N–H and O–H groups in total. The summed E-state index contributed by atoms with van der Waals surface area (Å²) in [5, 5.41) is 8.33. The third-order valence-corrected chi connectivity index (χ3v) is 1.92. The molecule has 5 nitrogen and oxygen atoms in total. The third-order valence-electron chi connectivity index (χ3n) is 1.92. The number of carboxylic acids is 1. The number of carbonyl (C=O) groups excluding carboxylic acids is 1. The molecule has 0 aliphatic carbocycles. The summed E-state index contributed by atoms with van der Waals surface area (Å²) >= 11 is 0. The summed E-state index contributed by atoms with van der Waals surface area (Å²) in [4.78, 5) is 22.8. The molecule has 1 atom stereocenters. The molecule has 0 aromatic heterocycles. The molecule has 0 radical (unpaired) electrons. The number of ether oxygens (including phenoxy) is 1. The highest BCUT2D eigenvalue weighted by Crippen LogP contribution is 2.17. The molecule has 1 heterocycles. The van der Waals surface area contributed by atoms with E-state index in [0.29, 0.717) is 13.0 Å². The first-order chi connectivity index (χ1) is 7.15. The third kappa shape index (κ3) is 3.02. The van der Waals surface area contributed by atoms with Gasteiger partial charge < -0.3 is 9.84 Å². The molecular formula is C10H11NO4. The lowest BCUT2D eigenvalue weighted by atomic mass is 10.1. The van der Waals surface area contributed by atoms with Crippen LogP contribution in [0.3, 0.4) is 0 Å². The summed E-state index contributed by atoms with van der Waals surface area (Å²) in [5.74, 6) is 3.27. The number of hydrogen-bond donors (Lipinski definition) is 1. The lowest BCUT2D eigenvalue weighted by molar-refractivity contribution is -0.130. The molecule has 1 unspecified atom stereocenters. The maximum Gasteiger partial charge on any atom is 0.411 e. The van der Waals surface area contributed by atoms with Gasteiger partial charge in [0.25, 0.3) is 0 Å². The Bertz CT molecular complexity index is 339. The highest BCUT2D eigenvalue weighted by molar-refractivity contribution is 5.86. The number of nitrogens with zero attached hydrogens (tertiary/aromatic N) is 1.